The average Bonchev–Trinajstić information content (AvgIpc) is 2.38. The summed E-state index contributed by atoms with van der Waals surface area (Å²) in [6.07, 6.45) is 2.58. The van der Waals surface area contributed by atoms with E-state index < -0.39 is 0 Å². The molecule has 0 spiro atoms. The van der Waals surface area contributed by atoms with Crippen LogP contribution in [-0.4, -0.2) is 36.3 Å². The molecule has 1 aromatic rings. The van der Waals surface area contributed by atoms with Crippen LogP contribution in [0.3, 0.4) is 0 Å². The van der Waals surface area contributed by atoms with E-state index in [0.29, 0.717) is 17.8 Å². The van der Waals surface area contributed by atoms with E-state index in [1.165, 1.54) is 6.33 Å². The minimum Gasteiger partial charge on any atom is -0.383 e. The number of hydrogen-bond donors (Lipinski definition) is 0. The molecule has 5 heteroatoms. The molecule has 4 nitrogen and oxygen atoms in total. The lowest BCUT2D eigenvalue weighted by molar-refractivity contribution is 0.203. The van der Waals surface area contributed by atoms with Crippen molar-refractivity contribution in [3.8, 4) is 0 Å². The fourth-order valence-electron chi connectivity index (χ4n) is 2.04. The molecule has 108 valence electrons. The number of halogens is 1. The third-order valence-corrected chi connectivity index (χ3v) is 3.62. The van der Waals surface area contributed by atoms with Gasteiger partial charge in [-0.3, -0.25) is 0 Å². The zero-order valence-electron chi connectivity index (χ0n) is 12.5. The Balaban J connectivity index is 3.17. The predicted molar refractivity (Wildman–Crippen MR) is 80.1 cm³/mol. The van der Waals surface area contributed by atoms with Crippen LogP contribution in [0, 0.1) is 0 Å². The Bertz CT molecular complexity index is 398. The molecule has 0 aromatic carbocycles. The van der Waals surface area contributed by atoms with Gasteiger partial charge in [-0.15, -0.1) is 0 Å². The molecule has 0 radical (unpaired) electrons. The maximum Gasteiger partial charge on any atom is 0.138 e. The lowest BCUT2D eigenvalue weighted by Gasteiger charge is -2.31. The SMILES string of the molecule is CCC(C)N(CCOC)c1ncnc(Cl)c1C(C)C. The normalized spacial score (nSPS) is 12.8. The van der Waals surface area contributed by atoms with Crippen LogP contribution in [0.5, 0.6) is 0 Å². The molecule has 1 rings (SSSR count). The predicted octanol–water partition coefficient (Wildman–Crippen LogP) is 3.50. The summed E-state index contributed by atoms with van der Waals surface area (Å²) in [5, 5.41) is 0.547. The Morgan fingerprint density at radius 2 is 2.00 bits per heavy atom. The number of nitrogens with zero attached hydrogens (tertiary/aromatic N) is 3. The van der Waals surface area contributed by atoms with Crippen LogP contribution in [0.4, 0.5) is 5.82 Å². The third kappa shape index (κ3) is 4.05. The van der Waals surface area contributed by atoms with E-state index in [-0.39, 0.29) is 5.92 Å². The van der Waals surface area contributed by atoms with Crippen molar-refractivity contribution in [2.24, 2.45) is 0 Å². The highest BCUT2D eigenvalue weighted by Crippen LogP contribution is 2.31. The van der Waals surface area contributed by atoms with Crippen molar-refractivity contribution in [1.82, 2.24) is 9.97 Å². The van der Waals surface area contributed by atoms with Gasteiger partial charge in [-0.2, -0.15) is 0 Å². The maximum atomic E-state index is 6.24. The van der Waals surface area contributed by atoms with Crippen molar-refractivity contribution in [2.45, 2.75) is 46.1 Å². The number of aromatic nitrogens is 2. The summed E-state index contributed by atoms with van der Waals surface area (Å²) in [4.78, 5) is 10.8. The fourth-order valence-corrected chi connectivity index (χ4v) is 2.38. The van der Waals surface area contributed by atoms with Gasteiger partial charge in [0.1, 0.15) is 17.3 Å². The Morgan fingerprint density at radius 1 is 1.32 bits per heavy atom. The van der Waals surface area contributed by atoms with Crippen molar-refractivity contribution in [3.05, 3.63) is 17.0 Å². The molecule has 1 aromatic heterocycles. The van der Waals surface area contributed by atoms with Gasteiger partial charge < -0.3 is 9.64 Å². The quantitative estimate of drug-likeness (QED) is 0.719. The van der Waals surface area contributed by atoms with E-state index in [1.54, 1.807) is 7.11 Å². The highest BCUT2D eigenvalue weighted by Gasteiger charge is 2.21. The molecule has 0 saturated carbocycles. The average molecular weight is 286 g/mol. The van der Waals surface area contributed by atoms with Crippen molar-refractivity contribution in [1.29, 1.82) is 0 Å². The van der Waals surface area contributed by atoms with E-state index in [2.05, 4.69) is 42.6 Å². The van der Waals surface area contributed by atoms with Gasteiger partial charge in [-0.25, -0.2) is 9.97 Å². The Kier molecular flexibility index (Phi) is 6.52. The third-order valence-electron chi connectivity index (χ3n) is 3.32. The molecule has 0 aliphatic heterocycles. The van der Waals surface area contributed by atoms with Crippen LogP contribution >= 0.6 is 11.6 Å². The van der Waals surface area contributed by atoms with Crippen LogP contribution in [-0.2, 0) is 4.74 Å². The molecule has 19 heavy (non-hydrogen) atoms. The lowest BCUT2D eigenvalue weighted by Crippen LogP contribution is -2.37. The van der Waals surface area contributed by atoms with E-state index in [0.717, 1.165) is 24.3 Å². The summed E-state index contributed by atoms with van der Waals surface area (Å²) in [6.45, 7) is 10.1. The first kappa shape index (κ1) is 16.2. The molecule has 1 unspecified atom stereocenters. The maximum absolute atomic E-state index is 6.24. The first-order valence-corrected chi connectivity index (χ1v) is 7.16. The molecular formula is C14H24ClN3O. The summed E-state index contributed by atoms with van der Waals surface area (Å²) >= 11 is 6.24. The second kappa shape index (κ2) is 7.65. The smallest absolute Gasteiger partial charge is 0.138 e. The monoisotopic (exact) mass is 285 g/mol. The van der Waals surface area contributed by atoms with Gasteiger partial charge in [0.05, 0.1) is 6.61 Å². The van der Waals surface area contributed by atoms with Gasteiger partial charge in [0.2, 0.25) is 0 Å². The molecular weight excluding hydrogens is 262 g/mol. The second-order valence-corrected chi connectivity index (χ2v) is 5.36. The number of methoxy groups -OCH3 is 1. The standard InChI is InChI=1S/C14H24ClN3O/c1-6-11(4)18(7-8-19-5)14-12(10(2)3)13(15)16-9-17-14/h9-11H,6-8H2,1-5H3. The van der Waals surface area contributed by atoms with Crippen LogP contribution in [0.2, 0.25) is 5.15 Å². The molecule has 0 aliphatic carbocycles. The molecule has 0 fully saturated rings. The summed E-state index contributed by atoms with van der Waals surface area (Å²) in [7, 11) is 1.71. The minimum absolute atomic E-state index is 0.290. The zero-order chi connectivity index (χ0) is 14.4. The van der Waals surface area contributed by atoms with E-state index in [1.807, 2.05) is 0 Å². The van der Waals surface area contributed by atoms with Crippen molar-refractivity contribution >= 4 is 17.4 Å². The molecule has 0 bridgehead atoms. The molecule has 0 aliphatic rings. The van der Waals surface area contributed by atoms with Crippen LogP contribution in [0.1, 0.15) is 45.6 Å². The van der Waals surface area contributed by atoms with Crippen LogP contribution < -0.4 is 4.90 Å². The minimum atomic E-state index is 0.290. The van der Waals surface area contributed by atoms with Gasteiger partial charge in [-0.05, 0) is 19.3 Å². The first-order valence-electron chi connectivity index (χ1n) is 6.78. The summed E-state index contributed by atoms with van der Waals surface area (Å²) in [6, 6.07) is 0.388. The number of ether oxygens (including phenoxy) is 1. The van der Waals surface area contributed by atoms with Crippen LogP contribution in [0.15, 0.2) is 6.33 Å². The van der Waals surface area contributed by atoms with Crippen molar-refractivity contribution in [3.63, 3.8) is 0 Å². The summed E-state index contributed by atoms with van der Waals surface area (Å²) < 4.78 is 5.20. The lowest BCUT2D eigenvalue weighted by atomic mass is 10.0. The molecule has 1 atom stereocenters. The van der Waals surface area contributed by atoms with Crippen LogP contribution in [0.25, 0.3) is 0 Å². The van der Waals surface area contributed by atoms with E-state index >= 15 is 0 Å². The Hall–Kier alpha value is -0.870. The van der Waals surface area contributed by atoms with Crippen molar-refractivity contribution in [2.75, 3.05) is 25.2 Å². The molecule has 1 heterocycles. The molecule has 0 saturated heterocycles. The zero-order valence-corrected chi connectivity index (χ0v) is 13.2. The Labute approximate surface area is 121 Å². The summed E-state index contributed by atoms with van der Waals surface area (Å²) in [5.41, 5.74) is 1.01. The number of hydrogen-bond acceptors (Lipinski definition) is 4. The van der Waals surface area contributed by atoms with E-state index in [4.69, 9.17) is 16.3 Å². The first-order chi connectivity index (χ1) is 9.02. The number of anilines is 1. The molecule has 0 amide bonds. The topological polar surface area (TPSA) is 38.2 Å². The van der Waals surface area contributed by atoms with E-state index in [9.17, 15) is 0 Å². The largest absolute Gasteiger partial charge is 0.383 e. The number of rotatable bonds is 7. The second-order valence-electron chi connectivity index (χ2n) is 5.00. The van der Waals surface area contributed by atoms with Gasteiger partial charge in [0, 0.05) is 25.3 Å². The summed E-state index contributed by atoms with van der Waals surface area (Å²) in [5.74, 6) is 1.22. The van der Waals surface area contributed by atoms with Gasteiger partial charge in [0.15, 0.2) is 0 Å². The molecule has 0 N–H and O–H groups in total. The fraction of sp³-hybridized carbons (Fsp3) is 0.714. The highest BCUT2D eigenvalue weighted by molar-refractivity contribution is 6.30. The van der Waals surface area contributed by atoms with Gasteiger partial charge in [-0.1, -0.05) is 32.4 Å². The highest BCUT2D eigenvalue weighted by atomic mass is 35.5. The van der Waals surface area contributed by atoms with Gasteiger partial charge >= 0.3 is 0 Å². The Morgan fingerprint density at radius 3 is 2.53 bits per heavy atom. The van der Waals surface area contributed by atoms with Crippen molar-refractivity contribution < 1.29 is 4.74 Å². The van der Waals surface area contributed by atoms with Gasteiger partial charge in [0.25, 0.3) is 0 Å².